The second kappa shape index (κ2) is 7.48. The van der Waals surface area contributed by atoms with Crippen LogP contribution in [0.3, 0.4) is 0 Å². The van der Waals surface area contributed by atoms with Crippen LogP contribution in [-0.4, -0.2) is 13.9 Å². The second-order valence-corrected chi connectivity index (χ2v) is 6.73. The molecule has 4 aromatic carbocycles. The Morgan fingerprint density at radius 1 is 0.731 bits per heavy atom. The lowest BCUT2D eigenvalue weighted by atomic mass is 9.90. The van der Waals surface area contributed by atoms with Gasteiger partial charge < -0.3 is 9.47 Å². The van der Waals surface area contributed by atoms with Crippen molar-refractivity contribution in [2.45, 2.75) is 5.33 Å². The van der Waals surface area contributed by atoms with E-state index in [0.29, 0.717) is 0 Å². The summed E-state index contributed by atoms with van der Waals surface area (Å²) in [4.78, 5) is 0. The maximum Gasteiger partial charge on any atom is 0.188 e. The van der Waals surface area contributed by atoms with Crippen LogP contribution in [0.2, 0.25) is 0 Å². The summed E-state index contributed by atoms with van der Waals surface area (Å²) >= 11 is 3.67. The normalized spacial score (nSPS) is 11.2. The van der Waals surface area contributed by atoms with Crippen molar-refractivity contribution >= 4 is 37.5 Å². The molecule has 0 N–H and O–H groups in total. The summed E-state index contributed by atoms with van der Waals surface area (Å²) in [6.45, 7) is 0.222. The van der Waals surface area contributed by atoms with Crippen LogP contribution >= 0.6 is 15.9 Å². The van der Waals surface area contributed by atoms with E-state index in [4.69, 9.17) is 9.47 Å². The SMILES string of the molecule is COCOc1ccc2ccccc2c1-c1c(CBr)ccc2ccccc12. The lowest BCUT2D eigenvalue weighted by Crippen LogP contribution is -2.01. The lowest BCUT2D eigenvalue weighted by Gasteiger charge is -2.18. The Labute approximate surface area is 161 Å². The molecule has 0 saturated heterocycles. The molecule has 0 aromatic heterocycles. The molecular weight excluding hydrogens is 388 g/mol. The molecule has 0 saturated carbocycles. The van der Waals surface area contributed by atoms with Gasteiger partial charge in [-0.15, -0.1) is 0 Å². The molecule has 4 rings (SSSR count). The minimum Gasteiger partial charge on any atom is -0.467 e. The van der Waals surface area contributed by atoms with Gasteiger partial charge in [0.15, 0.2) is 6.79 Å². The average molecular weight is 407 g/mol. The van der Waals surface area contributed by atoms with Crippen molar-refractivity contribution in [3.05, 3.63) is 78.4 Å². The van der Waals surface area contributed by atoms with Crippen molar-refractivity contribution in [1.82, 2.24) is 0 Å². The van der Waals surface area contributed by atoms with Crippen LogP contribution in [0.1, 0.15) is 5.56 Å². The Hall–Kier alpha value is -2.36. The van der Waals surface area contributed by atoms with Gasteiger partial charge in [-0.1, -0.05) is 82.7 Å². The fourth-order valence-corrected chi connectivity index (χ4v) is 3.94. The summed E-state index contributed by atoms with van der Waals surface area (Å²) in [7, 11) is 1.64. The number of hydrogen-bond donors (Lipinski definition) is 0. The van der Waals surface area contributed by atoms with E-state index in [-0.39, 0.29) is 6.79 Å². The summed E-state index contributed by atoms with van der Waals surface area (Å²) in [6.07, 6.45) is 0. The van der Waals surface area contributed by atoms with E-state index in [9.17, 15) is 0 Å². The number of fused-ring (bicyclic) bond motifs is 2. The Kier molecular flexibility index (Phi) is 4.91. The van der Waals surface area contributed by atoms with Gasteiger partial charge in [0.25, 0.3) is 0 Å². The molecule has 0 fully saturated rings. The van der Waals surface area contributed by atoms with Gasteiger partial charge in [-0.25, -0.2) is 0 Å². The fourth-order valence-electron chi connectivity index (χ4n) is 3.48. The second-order valence-electron chi connectivity index (χ2n) is 6.17. The molecule has 0 aliphatic carbocycles. The molecule has 0 aliphatic heterocycles. The largest absolute Gasteiger partial charge is 0.467 e. The molecule has 0 atom stereocenters. The Morgan fingerprint density at radius 2 is 1.35 bits per heavy atom. The van der Waals surface area contributed by atoms with Crippen molar-refractivity contribution in [3.8, 4) is 16.9 Å². The summed E-state index contributed by atoms with van der Waals surface area (Å²) in [5, 5.41) is 5.60. The Balaban J connectivity index is 2.12. The van der Waals surface area contributed by atoms with Crippen LogP contribution in [-0.2, 0) is 10.1 Å². The van der Waals surface area contributed by atoms with Crippen molar-refractivity contribution in [2.75, 3.05) is 13.9 Å². The van der Waals surface area contributed by atoms with Crippen molar-refractivity contribution in [2.24, 2.45) is 0 Å². The van der Waals surface area contributed by atoms with Gasteiger partial charge in [-0.3, -0.25) is 0 Å². The number of halogens is 1. The van der Waals surface area contributed by atoms with E-state index in [2.05, 4.69) is 82.7 Å². The van der Waals surface area contributed by atoms with Crippen LogP contribution in [0.4, 0.5) is 0 Å². The van der Waals surface area contributed by atoms with E-state index < -0.39 is 0 Å². The molecule has 0 unspecified atom stereocenters. The van der Waals surface area contributed by atoms with Gasteiger partial charge in [0.2, 0.25) is 0 Å². The van der Waals surface area contributed by atoms with E-state index in [1.165, 1.54) is 32.7 Å². The minimum absolute atomic E-state index is 0.222. The van der Waals surface area contributed by atoms with Crippen molar-refractivity contribution in [1.29, 1.82) is 0 Å². The van der Waals surface area contributed by atoms with Crippen LogP contribution in [0.5, 0.6) is 5.75 Å². The van der Waals surface area contributed by atoms with Crippen LogP contribution in [0.15, 0.2) is 72.8 Å². The van der Waals surface area contributed by atoms with Gasteiger partial charge in [0.05, 0.1) is 0 Å². The highest BCUT2D eigenvalue weighted by Crippen LogP contribution is 2.43. The molecule has 2 nitrogen and oxygen atoms in total. The first-order chi connectivity index (χ1) is 12.8. The standard InChI is InChI=1S/C23H19BrO2/c1-25-15-26-21-13-12-17-7-3-5-9-20(17)23(21)22-18(14-24)11-10-16-6-2-4-8-19(16)22/h2-13H,14-15H2,1H3. The molecule has 0 aliphatic rings. The molecule has 3 heteroatoms. The van der Waals surface area contributed by atoms with E-state index in [0.717, 1.165) is 16.6 Å². The third-order valence-electron chi connectivity index (χ3n) is 4.63. The number of hydrogen-bond acceptors (Lipinski definition) is 2. The minimum atomic E-state index is 0.222. The first kappa shape index (κ1) is 17.1. The highest BCUT2D eigenvalue weighted by atomic mass is 79.9. The summed E-state index contributed by atoms with van der Waals surface area (Å²) in [6, 6.07) is 25.4. The van der Waals surface area contributed by atoms with Gasteiger partial charge in [-0.05, 0) is 38.7 Å². The molecule has 4 aromatic rings. The van der Waals surface area contributed by atoms with Gasteiger partial charge in [0.1, 0.15) is 5.75 Å². The lowest BCUT2D eigenvalue weighted by molar-refractivity contribution is 0.0516. The van der Waals surface area contributed by atoms with Gasteiger partial charge >= 0.3 is 0 Å². The van der Waals surface area contributed by atoms with Crippen LogP contribution in [0.25, 0.3) is 32.7 Å². The molecule has 0 spiro atoms. The first-order valence-electron chi connectivity index (χ1n) is 8.54. The predicted molar refractivity (Wildman–Crippen MR) is 112 cm³/mol. The molecule has 26 heavy (non-hydrogen) atoms. The van der Waals surface area contributed by atoms with E-state index >= 15 is 0 Å². The third-order valence-corrected chi connectivity index (χ3v) is 5.24. The summed E-state index contributed by atoms with van der Waals surface area (Å²) in [5.41, 5.74) is 3.57. The zero-order valence-electron chi connectivity index (χ0n) is 14.5. The molecule has 0 radical (unpaired) electrons. The summed E-state index contributed by atoms with van der Waals surface area (Å²) < 4.78 is 11.1. The highest BCUT2D eigenvalue weighted by Gasteiger charge is 2.17. The maximum absolute atomic E-state index is 5.96. The van der Waals surface area contributed by atoms with E-state index in [1.807, 2.05) is 6.07 Å². The predicted octanol–water partition coefficient (Wildman–Crippen LogP) is 6.54. The zero-order valence-corrected chi connectivity index (χ0v) is 16.1. The molecular formula is C23H19BrO2. The number of rotatable bonds is 5. The van der Waals surface area contributed by atoms with Crippen molar-refractivity contribution in [3.63, 3.8) is 0 Å². The quantitative estimate of drug-likeness (QED) is 0.276. The van der Waals surface area contributed by atoms with Crippen LogP contribution in [0, 0.1) is 0 Å². The van der Waals surface area contributed by atoms with Crippen LogP contribution < -0.4 is 4.74 Å². The Bertz CT molecular complexity index is 1070. The maximum atomic E-state index is 5.96. The highest BCUT2D eigenvalue weighted by molar-refractivity contribution is 9.08. The smallest absolute Gasteiger partial charge is 0.188 e. The average Bonchev–Trinajstić information content (AvgIpc) is 2.71. The number of alkyl halides is 1. The van der Waals surface area contributed by atoms with Gasteiger partial charge in [-0.2, -0.15) is 0 Å². The zero-order chi connectivity index (χ0) is 17.9. The first-order valence-corrected chi connectivity index (χ1v) is 9.66. The number of methoxy groups -OCH3 is 1. The number of ether oxygens (including phenoxy) is 2. The summed E-state index contributed by atoms with van der Waals surface area (Å²) in [5.74, 6) is 0.837. The Morgan fingerprint density at radius 3 is 2.00 bits per heavy atom. The number of benzene rings is 4. The molecule has 130 valence electrons. The van der Waals surface area contributed by atoms with Crippen molar-refractivity contribution < 1.29 is 9.47 Å². The topological polar surface area (TPSA) is 18.5 Å². The van der Waals surface area contributed by atoms with E-state index in [1.54, 1.807) is 7.11 Å². The third kappa shape index (κ3) is 2.98. The fraction of sp³-hybridized carbons (Fsp3) is 0.130. The van der Waals surface area contributed by atoms with Gasteiger partial charge in [0, 0.05) is 18.0 Å². The molecule has 0 amide bonds. The monoisotopic (exact) mass is 406 g/mol. The molecule has 0 bridgehead atoms. The molecule has 0 heterocycles.